The minimum absolute atomic E-state index is 0.322. The van der Waals surface area contributed by atoms with Gasteiger partial charge in [-0.3, -0.25) is 14.8 Å². The fourth-order valence-corrected chi connectivity index (χ4v) is 4.69. The number of hydrazine groups is 1. The largest absolute Gasteiger partial charge is 0.281 e. The SMILES string of the molecule is CCC[C@@H](NN(C)C)C1N(C)[C@@H](c2ccccc2)[C@H](c2ccccc2)N1C. The molecule has 27 heavy (non-hydrogen) atoms. The van der Waals surface area contributed by atoms with Crippen molar-refractivity contribution in [3.8, 4) is 0 Å². The van der Waals surface area contributed by atoms with Gasteiger partial charge in [-0.2, -0.15) is 0 Å². The standard InChI is InChI=1S/C23H34N4/c1-6-13-20(24-25(2)3)23-26(4)21(18-14-9-7-10-15-18)22(27(23)5)19-16-11-8-12-17-19/h7-12,14-17,20-24H,6,13H2,1-5H3/t20-,21+,22+/m1/s1. The van der Waals surface area contributed by atoms with Crippen molar-refractivity contribution in [2.24, 2.45) is 0 Å². The first kappa shape index (κ1) is 20.0. The van der Waals surface area contributed by atoms with Crippen molar-refractivity contribution >= 4 is 0 Å². The second-order valence-electron chi connectivity index (χ2n) is 7.87. The second-order valence-corrected chi connectivity index (χ2v) is 7.87. The smallest absolute Gasteiger partial charge is 0.0800 e. The van der Waals surface area contributed by atoms with Gasteiger partial charge in [0.05, 0.1) is 24.3 Å². The highest BCUT2D eigenvalue weighted by atomic mass is 15.5. The van der Waals surface area contributed by atoms with Crippen LogP contribution in [0, 0.1) is 0 Å². The highest BCUT2D eigenvalue weighted by Gasteiger charge is 2.47. The monoisotopic (exact) mass is 366 g/mol. The summed E-state index contributed by atoms with van der Waals surface area (Å²) in [6.07, 6.45) is 2.62. The zero-order valence-electron chi connectivity index (χ0n) is 17.3. The van der Waals surface area contributed by atoms with Crippen molar-refractivity contribution in [2.45, 2.75) is 44.1 Å². The van der Waals surface area contributed by atoms with Crippen LogP contribution in [0.2, 0.25) is 0 Å². The van der Waals surface area contributed by atoms with Gasteiger partial charge in [-0.15, -0.1) is 0 Å². The Bertz CT molecular complexity index is 637. The van der Waals surface area contributed by atoms with Gasteiger partial charge in [-0.25, -0.2) is 5.43 Å². The molecule has 2 aromatic rings. The molecule has 4 heteroatoms. The molecule has 2 aromatic carbocycles. The molecule has 1 fully saturated rings. The van der Waals surface area contributed by atoms with Crippen LogP contribution in [0.5, 0.6) is 0 Å². The van der Waals surface area contributed by atoms with Gasteiger partial charge in [-0.05, 0) is 31.6 Å². The first-order valence-corrected chi connectivity index (χ1v) is 10.0. The van der Waals surface area contributed by atoms with E-state index in [0.717, 1.165) is 12.8 Å². The van der Waals surface area contributed by atoms with Crippen LogP contribution >= 0.6 is 0 Å². The summed E-state index contributed by atoms with van der Waals surface area (Å²) in [6.45, 7) is 2.27. The molecule has 1 N–H and O–H groups in total. The molecule has 0 spiro atoms. The Kier molecular flexibility index (Phi) is 6.66. The first-order valence-electron chi connectivity index (χ1n) is 10.0. The summed E-state index contributed by atoms with van der Waals surface area (Å²) >= 11 is 0. The molecule has 1 aliphatic heterocycles. The molecule has 0 aromatic heterocycles. The van der Waals surface area contributed by atoms with Gasteiger partial charge in [0.1, 0.15) is 0 Å². The number of nitrogens with zero attached hydrogens (tertiary/aromatic N) is 3. The summed E-state index contributed by atoms with van der Waals surface area (Å²) in [5, 5.41) is 2.09. The lowest BCUT2D eigenvalue weighted by Gasteiger charge is -2.36. The Morgan fingerprint density at radius 2 is 1.30 bits per heavy atom. The maximum absolute atomic E-state index is 3.68. The fourth-order valence-electron chi connectivity index (χ4n) is 4.69. The molecule has 1 saturated heterocycles. The van der Waals surface area contributed by atoms with Crippen LogP contribution in [0.4, 0.5) is 0 Å². The zero-order chi connectivity index (χ0) is 19.4. The number of benzene rings is 2. The lowest BCUT2D eigenvalue weighted by atomic mass is 9.93. The summed E-state index contributed by atoms with van der Waals surface area (Å²) in [5.41, 5.74) is 6.43. The Hall–Kier alpha value is -1.72. The van der Waals surface area contributed by atoms with Gasteiger partial charge in [0, 0.05) is 14.1 Å². The van der Waals surface area contributed by atoms with E-state index in [9.17, 15) is 0 Å². The van der Waals surface area contributed by atoms with Crippen molar-refractivity contribution < 1.29 is 0 Å². The van der Waals surface area contributed by atoms with Gasteiger partial charge in [0.15, 0.2) is 0 Å². The summed E-state index contributed by atoms with van der Waals surface area (Å²) in [7, 11) is 8.73. The van der Waals surface area contributed by atoms with Crippen LogP contribution in [0.25, 0.3) is 0 Å². The van der Waals surface area contributed by atoms with Crippen molar-refractivity contribution in [1.29, 1.82) is 0 Å². The quantitative estimate of drug-likeness (QED) is 0.750. The molecule has 0 bridgehead atoms. The average Bonchev–Trinajstić information content (AvgIpc) is 2.93. The molecule has 0 saturated carbocycles. The topological polar surface area (TPSA) is 21.8 Å². The fraction of sp³-hybridized carbons (Fsp3) is 0.478. The Morgan fingerprint density at radius 1 is 0.852 bits per heavy atom. The third-order valence-corrected chi connectivity index (χ3v) is 5.68. The van der Waals surface area contributed by atoms with Gasteiger partial charge in [-0.1, -0.05) is 74.0 Å². The number of likely N-dealkylation sites (N-methyl/N-ethyl adjacent to an activating group) is 2. The molecular formula is C23H34N4. The van der Waals surface area contributed by atoms with E-state index >= 15 is 0 Å². The van der Waals surface area contributed by atoms with Crippen molar-refractivity contribution in [3.05, 3.63) is 71.8 Å². The molecule has 4 nitrogen and oxygen atoms in total. The summed E-state index contributed by atoms with van der Waals surface area (Å²) in [4.78, 5) is 5.12. The third-order valence-electron chi connectivity index (χ3n) is 5.68. The molecule has 1 aliphatic rings. The average molecular weight is 367 g/mol. The molecule has 0 amide bonds. The molecule has 3 atom stereocenters. The van der Waals surface area contributed by atoms with Crippen LogP contribution in [-0.2, 0) is 0 Å². The highest BCUT2D eigenvalue weighted by molar-refractivity contribution is 5.30. The minimum Gasteiger partial charge on any atom is -0.281 e. The van der Waals surface area contributed by atoms with Crippen LogP contribution in [0.1, 0.15) is 43.0 Å². The molecule has 0 aliphatic carbocycles. The summed E-state index contributed by atoms with van der Waals surface area (Å²) in [5.74, 6) is 0. The van der Waals surface area contributed by atoms with E-state index in [4.69, 9.17) is 0 Å². The first-order chi connectivity index (χ1) is 13.0. The van der Waals surface area contributed by atoms with E-state index in [1.165, 1.54) is 11.1 Å². The van der Waals surface area contributed by atoms with Gasteiger partial charge in [0.25, 0.3) is 0 Å². The van der Waals surface area contributed by atoms with Gasteiger partial charge in [0.2, 0.25) is 0 Å². The van der Waals surface area contributed by atoms with Crippen LogP contribution in [0.3, 0.4) is 0 Å². The zero-order valence-corrected chi connectivity index (χ0v) is 17.3. The van der Waals surface area contributed by atoms with E-state index in [2.05, 4.69) is 116 Å². The number of hydrogen-bond donors (Lipinski definition) is 1. The van der Waals surface area contributed by atoms with E-state index in [-0.39, 0.29) is 0 Å². The Morgan fingerprint density at radius 3 is 1.67 bits per heavy atom. The van der Waals surface area contributed by atoms with Crippen molar-refractivity contribution in [3.63, 3.8) is 0 Å². The number of rotatable bonds is 7. The summed E-state index contributed by atoms with van der Waals surface area (Å²) < 4.78 is 0. The van der Waals surface area contributed by atoms with E-state index in [0.29, 0.717) is 24.3 Å². The van der Waals surface area contributed by atoms with Gasteiger partial charge >= 0.3 is 0 Å². The van der Waals surface area contributed by atoms with Crippen LogP contribution in [-0.4, -0.2) is 55.2 Å². The molecule has 0 unspecified atom stereocenters. The lowest BCUT2D eigenvalue weighted by molar-refractivity contribution is 0.0745. The van der Waals surface area contributed by atoms with Crippen LogP contribution in [0.15, 0.2) is 60.7 Å². The molecule has 146 valence electrons. The predicted octanol–water partition coefficient (Wildman–Crippen LogP) is 3.91. The molecule has 1 heterocycles. The van der Waals surface area contributed by atoms with E-state index in [1.54, 1.807) is 0 Å². The molecular weight excluding hydrogens is 332 g/mol. The molecule has 0 radical (unpaired) electrons. The highest BCUT2D eigenvalue weighted by Crippen LogP contribution is 2.46. The molecule has 3 rings (SSSR count). The van der Waals surface area contributed by atoms with Gasteiger partial charge < -0.3 is 0 Å². The van der Waals surface area contributed by atoms with Crippen LogP contribution < -0.4 is 5.43 Å². The Labute approximate surface area is 164 Å². The van der Waals surface area contributed by atoms with E-state index in [1.807, 2.05) is 0 Å². The normalized spacial score (nSPS) is 23.2. The number of hydrogen-bond acceptors (Lipinski definition) is 4. The van der Waals surface area contributed by atoms with Crippen molar-refractivity contribution in [2.75, 3.05) is 28.2 Å². The predicted molar refractivity (Wildman–Crippen MR) is 113 cm³/mol. The maximum Gasteiger partial charge on any atom is 0.0800 e. The summed E-state index contributed by atoms with van der Waals surface area (Å²) in [6, 6.07) is 22.9. The minimum atomic E-state index is 0.322. The Balaban J connectivity index is 2.02. The lowest BCUT2D eigenvalue weighted by Crippen LogP contribution is -2.55. The number of nitrogens with one attached hydrogen (secondary N) is 1. The van der Waals surface area contributed by atoms with E-state index < -0.39 is 0 Å². The maximum atomic E-state index is 3.68. The van der Waals surface area contributed by atoms with Crippen molar-refractivity contribution in [1.82, 2.24) is 20.2 Å². The third kappa shape index (κ3) is 4.25. The second kappa shape index (κ2) is 8.98.